The molecule has 0 aromatic heterocycles. The first-order valence-electron chi connectivity index (χ1n) is 21.2. The van der Waals surface area contributed by atoms with E-state index in [1.165, 1.54) is 167 Å². The molecule has 1 saturated heterocycles. The number of unbranched alkanes of at least 4 members (excludes halogenated alkanes) is 26. The van der Waals surface area contributed by atoms with Gasteiger partial charge in [-0.05, 0) is 26.2 Å². The molecule has 1 aliphatic rings. The van der Waals surface area contributed by atoms with E-state index in [9.17, 15) is 13.0 Å². The Labute approximate surface area is 333 Å². The molecule has 7 nitrogen and oxygen atoms in total. The molecule has 0 saturated carbocycles. The van der Waals surface area contributed by atoms with Crippen molar-refractivity contribution < 1.29 is 61.5 Å². The number of hydrogen-bond acceptors (Lipinski definition) is 7. The van der Waals surface area contributed by atoms with Crippen molar-refractivity contribution in [3.05, 3.63) is 0 Å². The van der Waals surface area contributed by atoms with Crippen LogP contribution in [0.2, 0.25) is 0 Å². The van der Waals surface area contributed by atoms with Crippen LogP contribution in [0.3, 0.4) is 0 Å². The van der Waals surface area contributed by atoms with Gasteiger partial charge in [-0.3, -0.25) is 0 Å². The van der Waals surface area contributed by atoms with E-state index in [4.69, 9.17) is 18.9 Å². The summed E-state index contributed by atoms with van der Waals surface area (Å²) in [5.74, 6) is -1.34. The predicted octanol–water partition coefficient (Wildman–Crippen LogP) is 8.81. The third-order valence-electron chi connectivity index (χ3n) is 10.1. The molecule has 0 N–H and O–H groups in total. The van der Waals surface area contributed by atoms with Gasteiger partial charge in [0.15, 0.2) is 5.79 Å². The summed E-state index contributed by atoms with van der Waals surface area (Å²) in [5, 5.41) is 0. The van der Waals surface area contributed by atoms with Gasteiger partial charge in [-0.15, -0.1) is 0 Å². The molecule has 1 heterocycles. The maximum atomic E-state index is 11.1. The van der Waals surface area contributed by atoms with Crippen LogP contribution >= 0.6 is 0 Å². The minimum absolute atomic E-state index is 0. The second-order valence-electron chi connectivity index (χ2n) is 15.2. The molecule has 0 spiro atoms. The fourth-order valence-electron chi connectivity index (χ4n) is 6.99. The van der Waals surface area contributed by atoms with Crippen molar-refractivity contribution in [1.82, 2.24) is 0 Å². The van der Waals surface area contributed by atoms with Gasteiger partial charge < -0.3 is 23.5 Å². The van der Waals surface area contributed by atoms with E-state index in [1.807, 2.05) is 6.92 Å². The average Bonchev–Trinajstić information content (AvgIpc) is 3.38. The molecule has 0 aliphatic carbocycles. The normalized spacial score (nSPS) is 19.3. The zero-order valence-corrected chi connectivity index (χ0v) is 36.5. The van der Waals surface area contributed by atoms with Gasteiger partial charge in [-0.1, -0.05) is 181 Å². The summed E-state index contributed by atoms with van der Waals surface area (Å²) < 4.78 is 57.9. The van der Waals surface area contributed by atoms with E-state index < -0.39 is 21.7 Å². The summed E-state index contributed by atoms with van der Waals surface area (Å²) in [7, 11) is -4.26. The van der Waals surface area contributed by atoms with E-state index >= 15 is 0 Å². The molecule has 0 bridgehead atoms. The Morgan fingerprint density at radius 2 is 0.780 bits per heavy atom. The number of hydrogen-bond donors (Lipinski definition) is 0. The summed E-state index contributed by atoms with van der Waals surface area (Å²) in [6.45, 7) is 8.65. The Morgan fingerprint density at radius 3 is 1.06 bits per heavy atom. The second-order valence-corrected chi connectivity index (χ2v) is 16.7. The van der Waals surface area contributed by atoms with Crippen LogP contribution in [-0.4, -0.2) is 63.1 Å². The average molecular weight is 741 g/mol. The molecule has 1 fully saturated rings. The molecular formula is C41H81NaO7S. The first kappa shape index (κ1) is 50.8. The predicted molar refractivity (Wildman–Crippen MR) is 204 cm³/mol. The van der Waals surface area contributed by atoms with Crippen molar-refractivity contribution in [2.24, 2.45) is 0 Å². The van der Waals surface area contributed by atoms with Crippen LogP contribution in [0.4, 0.5) is 0 Å². The standard InChI is InChI=1S/C41H82O7S.Na/c1-4-6-8-10-12-14-16-18-20-22-24-26-28-30-34-45-37-39-40(48-41(3,47-39)33-32-36-49(42,43)44)38-46-35-31-29-27-25-23-21-19-17-15-13-11-9-7-5-2;/h39-40H,4-38H2,1-3H3,(H,42,43,44);/q;+1/p-1. The summed E-state index contributed by atoms with van der Waals surface area (Å²) in [5.41, 5.74) is 0. The Kier molecular flexibility index (Phi) is 36.0. The molecule has 294 valence electrons. The summed E-state index contributed by atoms with van der Waals surface area (Å²) >= 11 is 0. The SMILES string of the molecule is CCCCCCCCCCCCCCCCOCC1OC(C)(CCCS(=O)(=O)[O-])OC1COCCCCCCCCCCCCCCCC.[Na+]. The van der Waals surface area contributed by atoms with Crippen molar-refractivity contribution in [2.75, 3.05) is 32.2 Å². The monoisotopic (exact) mass is 741 g/mol. The number of ether oxygens (including phenoxy) is 4. The van der Waals surface area contributed by atoms with Crippen LogP contribution in [-0.2, 0) is 29.1 Å². The Balaban J connectivity index is 0.0000240. The van der Waals surface area contributed by atoms with Gasteiger partial charge in [0.2, 0.25) is 0 Å². The van der Waals surface area contributed by atoms with Gasteiger partial charge in [0.25, 0.3) is 0 Å². The fraction of sp³-hybridized carbons (Fsp3) is 1.00. The third-order valence-corrected chi connectivity index (χ3v) is 10.9. The largest absolute Gasteiger partial charge is 1.00 e. The molecule has 9 heteroatoms. The topological polar surface area (TPSA) is 94.1 Å². The molecule has 0 amide bonds. The fourth-order valence-corrected chi connectivity index (χ4v) is 7.48. The van der Waals surface area contributed by atoms with Crippen LogP contribution in [0.1, 0.15) is 213 Å². The van der Waals surface area contributed by atoms with Crippen molar-refractivity contribution >= 4 is 10.1 Å². The Bertz CT molecular complexity index is 769. The minimum atomic E-state index is -4.26. The van der Waals surface area contributed by atoms with E-state index in [0.717, 1.165) is 12.8 Å². The first-order chi connectivity index (χ1) is 23.8. The van der Waals surface area contributed by atoms with Gasteiger partial charge in [-0.25, -0.2) is 8.42 Å². The smallest absolute Gasteiger partial charge is 0.748 e. The zero-order valence-electron chi connectivity index (χ0n) is 33.7. The molecule has 1 rings (SSSR count). The Hall–Kier alpha value is 0.750. The first-order valence-corrected chi connectivity index (χ1v) is 22.8. The minimum Gasteiger partial charge on any atom is -0.748 e. The molecule has 2 atom stereocenters. The van der Waals surface area contributed by atoms with Crippen LogP contribution in [0.25, 0.3) is 0 Å². The summed E-state index contributed by atoms with van der Waals surface area (Å²) in [6, 6.07) is 0. The van der Waals surface area contributed by atoms with E-state index in [0.29, 0.717) is 32.8 Å². The summed E-state index contributed by atoms with van der Waals surface area (Å²) in [4.78, 5) is 0. The van der Waals surface area contributed by atoms with Gasteiger partial charge in [0.1, 0.15) is 12.2 Å². The number of rotatable bonds is 38. The second kappa shape index (κ2) is 35.5. The van der Waals surface area contributed by atoms with Crippen LogP contribution in [0.15, 0.2) is 0 Å². The van der Waals surface area contributed by atoms with Gasteiger partial charge in [0.05, 0.1) is 23.3 Å². The Morgan fingerprint density at radius 1 is 0.500 bits per heavy atom. The van der Waals surface area contributed by atoms with Gasteiger partial charge >= 0.3 is 29.6 Å². The maximum absolute atomic E-state index is 11.1. The molecule has 0 radical (unpaired) electrons. The van der Waals surface area contributed by atoms with Crippen LogP contribution < -0.4 is 29.6 Å². The quantitative estimate of drug-likeness (QED) is 0.0355. The zero-order chi connectivity index (χ0) is 35.7. The molecule has 2 unspecified atom stereocenters. The van der Waals surface area contributed by atoms with Crippen LogP contribution in [0, 0.1) is 0 Å². The van der Waals surface area contributed by atoms with Crippen molar-refractivity contribution in [3.8, 4) is 0 Å². The van der Waals surface area contributed by atoms with Crippen LogP contribution in [0.5, 0.6) is 0 Å². The third kappa shape index (κ3) is 32.2. The molecule has 50 heavy (non-hydrogen) atoms. The van der Waals surface area contributed by atoms with Crippen molar-refractivity contribution in [2.45, 2.75) is 231 Å². The van der Waals surface area contributed by atoms with Crippen molar-refractivity contribution in [3.63, 3.8) is 0 Å². The molecule has 1 aliphatic heterocycles. The van der Waals surface area contributed by atoms with E-state index in [1.54, 1.807) is 0 Å². The molecule has 0 aromatic carbocycles. The van der Waals surface area contributed by atoms with Gasteiger partial charge in [-0.2, -0.15) is 0 Å². The van der Waals surface area contributed by atoms with Gasteiger partial charge in [0, 0.05) is 25.4 Å². The van der Waals surface area contributed by atoms with E-state index in [2.05, 4.69) is 13.8 Å². The summed E-state index contributed by atoms with van der Waals surface area (Å²) in [6.07, 6.45) is 37.4. The molecular weight excluding hydrogens is 660 g/mol. The molecule has 0 aromatic rings. The van der Waals surface area contributed by atoms with Crippen molar-refractivity contribution in [1.29, 1.82) is 0 Å². The van der Waals surface area contributed by atoms with E-state index in [-0.39, 0.29) is 48.2 Å². The maximum Gasteiger partial charge on any atom is 1.00 e.